The average Bonchev–Trinajstić information content (AvgIpc) is 2.63. The highest BCUT2D eigenvalue weighted by Gasteiger charge is 2.26. The summed E-state index contributed by atoms with van der Waals surface area (Å²) >= 11 is 0. The Hall–Kier alpha value is -2.91. The number of hydrogen-bond acceptors (Lipinski definition) is 5. The summed E-state index contributed by atoms with van der Waals surface area (Å²) in [7, 11) is -3.49. The van der Waals surface area contributed by atoms with Crippen molar-refractivity contribution in [2.24, 2.45) is 0 Å². The highest BCUT2D eigenvalue weighted by molar-refractivity contribution is 7.92. The van der Waals surface area contributed by atoms with Crippen molar-refractivity contribution >= 4 is 39.4 Å². The maximum absolute atomic E-state index is 12.3. The number of benzene rings is 2. The van der Waals surface area contributed by atoms with Gasteiger partial charge in [0.2, 0.25) is 6.41 Å². The molecule has 3 rings (SSSR count). The molecule has 1 aliphatic rings. The molecule has 0 radical (unpaired) electrons. The first-order valence-corrected chi connectivity index (χ1v) is 9.40. The monoisotopic (exact) mass is 375 g/mol. The zero-order valence-electron chi connectivity index (χ0n) is 13.7. The van der Waals surface area contributed by atoms with Crippen molar-refractivity contribution in [3.63, 3.8) is 0 Å². The fraction of sp³-hybridized carbons (Fsp3) is 0.176. The minimum atomic E-state index is -3.49. The van der Waals surface area contributed by atoms with E-state index in [9.17, 15) is 18.0 Å². The van der Waals surface area contributed by atoms with Crippen LogP contribution in [-0.4, -0.2) is 39.8 Å². The van der Waals surface area contributed by atoms with Crippen LogP contribution in [0.2, 0.25) is 0 Å². The van der Waals surface area contributed by atoms with Gasteiger partial charge in [0.1, 0.15) is 0 Å². The van der Waals surface area contributed by atoms with Crippen LogP contribution in [0.4, 0.5) is 17.1 Å². The van der Waals surface area contributed by atoms with E-state index < -0.39 is 10.0 Å². The molecule has 0 saturated carbocycles. The molecule has 2 aromatic rings. The average molecular weight is 375 g/mol. The number of carbonyl (C=O) groups excluding carboxylic acids is 2. The summed E-state index contributed by atoms with van der Waals surface area (Å²) in [6.45, 7) is 0.575. The Bertz CT molecular complexity index is 895. The van der Waals surface area contributed by atoms with E-state index in [4.69, 9.17) is 4.74 Å². The van der Waals surface area contributed by atoms with Gasteiger partial charge in [-0.1, -0.05) is 0 Å². The van der Waals surface area contributed by atoms with Gasteiger partial charge in [-0.2, -0.15) is 0 Å². The lowest BCUT2D eigenvalue weighted by molar-refractivity contribution is -0.105. The predicted molar refractivity (Wildman–Crippen MR) is 97.6 cm³/mol. The van der Waals surface area contributed by atoms with Crippen molar-refractivity contribution < 1.29 is 22.7 Å². The molecule has 2 N–H and O–H groups in total. The Morgan fingerprint density at radius 1 is 1.04 bits per heavy atom. The number of sulfonamides is 1. The molecule has 8 nitrogen and oxygen atoms in total. The molecule has 2 amide bonds. The van der Waals surface area contributed by atoms with Crippen LogP contribution in [0.5, 0.6) is 0 Å². The van der Waals surface area contributed by atoms with E-state index in [0.29, 0.717) is 35.6 Å². The van der Waals surface area contributed by atoms with Crippen LogP contribution in [0.25, 0.3) is 0 Å². The highest BCUT2D eigenvalue weighted by Crippen LogP contribution is 2.22. The summed E-state index contributed by atoms with van der Waals surface area (Å²) in [6, 6.07) is 13.0. The van der Waals surface area contributed by atoms with Crippen molar-refractivity contribution in [2.45, 2.75) is 0 Å². The number of nitrogens with one attached hydrogen (secondary N) is 2. The van der Waals surface area contributed by atoms with Gasteiger partial charge in [0.05, 0.1) is 18.8 Å². The third-order valence-electron chi connectivity index (χ3n) is 3.79. The number of ether oxygens (including phenoxy) is 1. The Balaban J connectivity index is 1.69. The van der Waals surface area contributed by atoms with Crippen molar-refractivity contribution in [1.82, 2.24) is 0 Å². The SMILES string of the molecule is O=CNc1ccc(NC(=O)c2ccc(N3CCOCS3(=O)=O)cc2)cc1. The number of carbonyl (C=O) groups is 2. The molecule has 2 aromatic carbocycles. The molecular weight excluding hydrogens is 358 g/mol. The Kier molecular flexibility index (Phi) is 5.19. The molecule has 136 valence electrons. The van der Waals surface area contributed by atoms with Crippen LogP contribution < -0.4 is 14.9 Å². The number of rotatable bonds is 5. The Labute approximate surface area is 150 Å². The fourth-order valence-electron chi connectivity index (χ4n) is 2.50. The maximum atomic E-state index is 12.3. The van der Waals surface area contributed by atoms with Gasteiger partial charge in [-0.3, -0.25) is 13.9 Å². The molecule has 0 atom stereocenters. The van der Waals surface area contributed by atoms with Crippen LogP contribution >= 0.6 is 0 Å². The van der Waals surface area contributed by atoms with Gasteiger partial charge < -0.3 is 15.4 Å². The van der Waals surface area contributed by atoms with Crippen LogP contribution in [0.15, 0.2) is 48.5 Å². The van der Waals surface area contributed by atoms with Crippen LogP contribution in [0.3, 0.4) is 0 Å². The fourth-order valence-corrected chi connectivity index (χ4v) is 3.76. The van der Waals surface area contributed by atoms with Gasteiger partial charge in [0.25, 0.3) is 15.9 Å². The second-order valence-electron chi connectivity index (χ2n) is 5.55. The molecule has 9 heteroatoms. The minimum Gasteiger partial charge on any atom is -0.362 e. The summed E-state index contributed by atoms with van der Waals surface area (Å²) in [5, 5.41) is 5.24. The Morgan fingerprint density at radius 3 is 2.31 bits per heavy atom. The lowest BCUT2D eigenvalue weighted by atomic mass is 10.2. The molecular formula is C17H17N3O5S. The first-order valence-electron chi connectivity index (χ1n) is 7.79. The van der Waals surface area contributed by atoms with Gasteiger partial charge >= 0.3 is 0 Å². The largest absolute Gasteiger partial charge is 0.362 e. The lowest BCUT2D eigenvalue weighted by Gasteiger charge is -2.28. The summed E-state index contributed by atoms with van der Waals surface area (Å²) in [4.78, 5) is 22.7. The molecule has 26 heavy (non-hydrogen) atoms. The highest BCUT2D eigenvalue weighted by atomic mass is 32.2. The van der Waals surface area contributed by atoms with E-state index >= 15 is 0 Å². The first kappa shape index (κ1) is 17.9. The molecule has 1 heterocycles. The van der Waals surface area contributed by atoms with Gasteiger partial charge in [-0.15, -0.1) is 0 Å². The smallest absolute Gasteiger partial charge is 0.259 e. The van der Waals surface area contributed by atoms with E-state index in [0.717, 1.165) is 0 Å². The van der Waals surface area contributed by atoms with Crippen LogP contribution in [0.1, 0.15) is 10.4 Å². The van der Waals surface area contributed by atoms with Crippen molar-refractivity contribution in [1.29, 1.82) is 0 Å². The predicted octanol–water partition coefficient (Wildman–Crippen LogP) is 1.63. The summed E-state index contributed by atoms with van der Waals surface area (Å²) in [5.74, 6) is -0.665. The Morgan fingerprint density at radius 2 is 1.69 bits per heavy atom. The second kappa shape index (κ2) is 7.54. The van der Waals surface area contributed by atoms with Crippen LogP contribution in [0, 0.1) is 0 Å². The summed E-state index contributed by atoms with van der Waals surface area (Å²) in [5.41, 5.74) is 2.09. The quantitative estimate of drug-likeness (QED) is 0.773. The molecule has 0 unspecified atom stereocenters. The van der Waals surface area contributed by atoms with E-state index in [1.54, 1.807) is 48.5 Å². The minimum absolute atomic E-state index is 0.245. The molecule has 0 aliphatic carbocycles. The van der Waals surface area contributed by atoms with E-state index in [1.165, 1.54) is 4.31 Å². The van der Waals surface area contributed by atoms with Crippen molar-refractivity contribution in [2.75, 3.05) is 34.0 Å². The van der Waals surface area contributed by atoms with Gasteiger partial charge in [0.15, 0.2) is 5.94 Å². The molecule has 0 bridgehead atoms. The molecule has 1 aliphatic heterocycles. The molecule has 0 aromatic heterocycles. The van der Waals surface area contributed by atoms with E-state index in [1.807, 2.05) is 0 Å². The second-order valence-corrected chi connectivity index (χ2v) is 7.39. The molecule has 1 saturated heterocycles. The number of anilines is 3. The third kappa shape index (κ3) is 4.01. The van der Waals surface area contributed by atoms with Gasteiger partial charge in [-0.05, 0) is 48.5 Å². The normalized spacial score (nSPS) is 15.9. The van der Waals surface area contributed by atoms with Crippen molar-refractivity contribution in [3.8, 4) is 0 Å². The lowest BCUT2D eigenvalue weighted by Crippen LogP contribution is -2.41. The zero-order chi connectivity index (χ0) is 18.6. The number of nitrogens with zero attached hydrogens (tertiary/aromatic N) is 1. The summed E-state index contributed by atoms with van der Waals surface area (Å²) < 4.78 is 30.3. The van der Waals surface area contributed by atoms with Crippen molar-refractivity contribution in [3.05, 3.63) is 54.1 Å². The number of amides is 2. The van der Waals surface area contributed by atoms with E-state index in [-0.39, 0.29) is 18.4 Å². The molecule has 0 spiro atoms. The first-order chi connectivity index (χ1) is 12.5. The van der Waals surface area contributed by atoms with Gasteiger partial charge in [-0.25, -0.2) is 8.42 Å². The molecule has 1 fully saturated rings. The van der Waals surface area contributed by atoms with E-state index in [2.05, 4.69) is 10.6 Å². The number of hydrogen-bond donors (Lipinski definition) is 2. The summed E-state index contributed by atoms with van der Waals surface area (Å²) in [6.07, 6.45) is 0.573. The maximum Gasteiger partial charge on any atom is 0.259 e. The topological polar surface area (TPSA) is 105 Å². The zero-order valence-corrected chi connectivity index (χ0v) is 14.5. The third-order valence-corrected chi connectivity index (χ3v) is 5.32. The van der Waals surface area contributed by atoms with Crippen LogP contribution in [-0.2, 0) is 19.6 Å². The van der Waals surface area contributed by atoms with Gasteiger partial charge in [0, 0.05) is 16.9 Å². The standard InChI is InChI=1S/C17H17N3O5S/c21-11-18-14-3-5-15(6-4-14)19-17(22)13-1-7-16(8-2-13)20-9-10-25-12-26(20,23)24/h1-8,11H,9-10,12H2,(H,18,21)(H,19,22).